The van der Waals surface area contributed by atoms with E-state index in [2.05, 4.69) is 0 Å². The number of ketones is 1. The Hall–Kier alpha value is -2.29. The molecule has 0 saturated carbocycles. The van der Waals surface area contributed by atoms with Crippen molar-refractivity contribution in [3.8, 4) is 11.5 Å². The van der Waals surface area contributed by atoms with Gasteiger partial charge >= 0.3 is 0 Å². The maximum Gasteiger partial charge on any atom is 0.193 e. The van der Waals surface area contributed by atoms with Crippen molar-refractivity contribution in [1.29, 1.82) is 0 Å². The molecular weight excluding hydrogens is 216 g/mol. The second-order valence-corrected chi connectivity index (χ2v) is 3.90. The van der Waals surface area contributed by atoms with Crippen LogP contribution in [-0.4, -0.2) is 16.0 Å². The molecule has 2 rings (SSSR count). The minimum Gasteiger partial charge on any atom is -0.504 e. The zero-order chi connectivity index (χ0) is 12.4. The molecule has 0 atom stereocenters. The highest BCUT2D eigenvalue weighted by molar-refractivity contribution is 6.09. The van der Waals surface area contributed by atoms with Crippen molar-refractivity contribution < 1.29 is 15.0 Å². The van der Waals surface area contributed by atoms with E-state index in [-0.39, 0.29) is 17.3 Å². The first-order chi connectivity index (χ1) is 8.08. The summed E-state index contributed by atoms with van der Waals surface area (Å²) in [7, 11) is 0. The molecule has 3 nitrogen and oxygen atoms in total. The lowest BCUT2D eigenvalue weighted by atomic mass is 10.0. The summed E-state index contributed by atoms with van der Waals surface area (Å²) >= 11 is 0. The van der Waals surface area contributed by atoms with E-state index in [0.29, 0.717) is 11.1 Å². The lowest BCUT2D eigenvalue weighted by molar-refractivity contribution is 0.103. The van der Waals surface area contributed by atoms with E-state index in [9.17, 15) is 15.0 Å². The fourth-order valence-electron chi connectivity index (χ4n) is 1.62. The van der Waals surface area contributed by atoms with Gasteiger partial charge in [-0.25, -0.2) is 0 Å². The standard InChI is InChI=1S/C14H12O3/c1-9-3-2-4-10(7-9)14(17)11-5-6-12(15)13(16)8-11/h2-8,15-16H,1H3. The van der Waals surface area contributed by atoms with Gasteiger partial charge in [0.15, 0.2) is 17.3 Å². The van der Waals surface area contributed by atoms with Gasteiger partial charge in [0.25, 0.3) is 0 Å². The summed E-state index contributed by atoms with van der Waals surface area (Å²) in [5, 5.41) is 18.5. The molecule has 2 aromatic rings. The Morgan fingerprint density at radius 3 is 2.29 bits per heavy atom. The highest BCUT2D eigenvalue weighted by Crippen LogP contribution is 2.26. The number of carbonyl (C=O) groups excluding carboxylic acids is 1. The summed E-state index contributed by atoms with van der Waals surface area (Å²) < 4.78 is 0. The highest BCUT2D eigenvalue weighted by atomic mass is 16.3. The van der Waals surface area contributed by atoms with Crippen LogP contribution in [0.1, 0.15) is 21.5 Å². The molecule has 86 valence electrons. The molecule has 2 N–H and O–H groups in total. The molecule has 0 amide bonds. The fraction of sp³-hybridized carbons (Fsp3) is 0.0714. The van der Waals surface area contributed by atoms with Crippen LogP contribution in [0.3, 0.4) is 0 Å². The molecule has 0 heterocycles. The van der Waals surface area contributed by atoms with Crippen LogP contribution in [0, 0.1) is 6.92 Å². The Labute approximate surface area is 99.0 Å². The van der Waals surface area contributed by atoms with Gasteiger partial charge in [-0.3, -0.25) is 4.79 Å². The van der Waals surface area contributed by atoms with Crippen molar-refractivity contribution in [3.63, 3.8) is 0 Å². The Balaban J connectivity index is 2.40. The van der Waals surface area contributed by atoms with Crippen molar-refractivity contribution >= 4 is 5.78 Å². The molecule has 0 bridgehead atoms. The molecule has 3 heteroatoms. The van der Waals surface area contributed by atoms with Crippen molar-refractivity contribution in [1.82, 2.24) is 0 Å². The molecule has 2 aromatic carbocycles. The minimum absolute atomic E-state index is 0.177. The van der Waals surface area contributed by atoms with Crippen LogP contribution in [0.2, 0.25) is 0 Å². The second-order valence-electron chi connectivity index (χ2n) is 3.90. The SMILES string of the molecule is Cc1cccc(C(=O)c2ccc(O)c(O)c2)c1. The molecule has 0 saturated heterocycles. The molecule has 0 radical (unpaired) electrons. The largest absolute Gasteiger partial charge is 0.504 e. The van der Waals surface area contributed by atoms with Crippen LogP contribution < -0.4 is 0 Å². The Bertz CT molecular complexity index is 573. The predicted octanol–water partition coefficient (Wildman–Crippen LogP) is 2.64. The molecule has 0 aliphatic rings. The van der Waals surface area contributed by atoms with Gasteiger partial charge in [0.2, 0.25) is 0 Å². The van der Waals surface area contributed by atoms with Gasteiger partial charge < -0.3 is 10.2 Å². The van der Waals surface area contributed by atoms with Gasteiger partial charge in [-0.2, -0.15) is 0 Å². The van der Waals surface area contributed by atoms with Crippen molar-refractivity contribution in [3.05, 3.63) is 59.2 Å². The molecule has 0 spiro atoms. The third kappa shape index (κ3) is 2.28. The maximum atomic E-state index is 12.1. The third-order valence-electron chi connectivity index (χ3n) is 2.52. The topological polar surface area (TPSA) is 57.5 Å². The van der Waals surface area contributed by atoms with Crippen molar-refractivity contribution in [2.24, 2.45) is 0 Å². The van der Waals surface area contributed by atoms with Gasteiger partial charge in [-0.1, -0.05) is 23.8 Å². The number of benzene rings is 2. The summed E-state index contributed by atoms with van der Waals surface area (Å²) in [6.45, 7) is 1.91. The number of phenols is 2. The number of aryl methyl sites for hydroxylation is 1. The first-order valence-electron chi connectivity index (χ1n) is 5.21. The summed E-state index contributed by atoms with van der Waals surface area (Å²) in [5.41, 5.74) is 1.92. The summed E-state index contributed by atoms with van der Waals surface area (Å²) in [5.74, 6) is -0.696. The van der Waals surface area contributed by atoms with E-state index in [4.69, 9.17) is 0 Å². The van der Waals surface area contributed by atoms with E-state index < -0.39 is 0 Å². The van der Waals surface area contributed by atoms with Crippen LogP contribution in [0.25, 0.3) is 0 Å². The van der Waals surface area contributed by atoms with Gasteiger partial charge in [-0.15, -0.1) is 0 Å². The Kier molecular flexibility index (Phi) is 2.83. The van der Waals surface area contributed by atoms with E-state index >= 15 is 0 Å². The normalized spacial score (nSPS) is 10.2. The molecule has 0 aliphatic heterocycles. The highest BCUT2D eigenvalue weighted by Gasteiger charge is 2.11. The molecule has 0 aromatic heterocycles. The maximum absolute atomic E-state index is 12.1. The lowest BCUT2D eigenvalue weighted by Crippen LogP contribution is -2.01. The fourth-order valence-corrected chi connectivity index (χ4v) is 1.62. The number of aromatic hydroxyl groups is 2. The summed E-state index contributed by atoms with van der Waals surface area (Å²) in [4.78, 5) is 12.1. The number of carbonyl (C=O) groups is 1. The smallest absolute Gasteiger partial charge is 0.193 e. The average molecular weight is 228 g/mol. The van der Waals surface area contributed by atoms with E-state index in [1.165, 1.54) is 18.2 Å². The zero-order valence-corrected chi connectivity index (χ0v) is 9.34. The summed E-state index contributed by atoms with van der Waals surface area (Å²) in [6, 6.07) is 11.3. The summed E-state index contributed by atoms with van der Waals surface area (Å²) in [6.07, 6.45) is 0. The second kappa shape index (κ2) is 4.29. The van der Waals surface area contributed by atoms with Crippen LogP contribution >= 0.6 is 0 Å². The van der Waals surface area contributed by atoms with Gasteiger partial charge in [-0.05, 0) is 31.2 Å². The van der Waals surface area contributed by atoms with E-state index in [1.807, 2.05) is 19.1 Å². The van der Waals surface area contributed by atoms with E-state index in [1.54, 1.807) is 12.1 Å². The Morgan fingerprint density at radius 2 is 1.65 bits per heavy atom. The van der Waals surface area contributed by atoms with Crippen molar-refractivity contribution in [2.75, 3.05) is 0 Å². The number of hydrogen-bond acceptors (Lipinski definition) is 3. The van der Waals surface area contributed by atoms with Gasteiger partial charge in [0.05, 0.1) is 0 Å². The van der Waals surface area contributed by atoms with Crippen LogP contribution in [0.5, 0.6) is 11.5 Å². The van der Waals surface area contributed by atoms with Gasteiger partial charge in [0.1, 0.15) is 0 Å². The monoisotopic (exact) mass is 228 g/mol. The van der Waals surface area contributed by atoms with Crippen molar-refractivity contribution in [2.45, 2.75) is 6.92 Å². The van der Waals surface area contributed by atoms with Crippen LogP contribution in [0.15, 0.2) is 42.5 Å². The predicted molar refractivity (Wildman–Crippen MR) is 64.4 cm³/mol. The first kappa shape index (κ1) is 11.2. The first-order valence-corrected chi connectivity index (χ1v) is 5.21. The van der Waals surface area contributed by atoms with Gasteiger partial charge in [0, 0.05) is 11.1 Å². The molecule has 0 aliphatic carbocycles. The zero-order valence-electron chi connectivity index (χ0n) is 9.34. The molecular formula is C14H12O3. The number of rotatable bonds is 2. The number of hydrogen-bond donors (Lipinski definition) is 2. The molecule has 0 fully saturated rings. The average Bonchev–Trinajstić information content (AvgIpc) is 2.32. The quantitative estimate of drug-likeness (QED) is 0.613. The van der Waals surface area contributed by atoms with Crippen LogP contribution in [-0.2, 0) is 0 Å². The lowest BCUT2D eigenvalue weighted by Gasteiger charge is -2.04. The van der Waals surface area contributed by atoms with Crippen LogP contribution in [0.4, 0.5) is 0 Å². The minimum atomic E-state index is -0.288. The molecule has 17 heavy (non-hydrogen) atoms. The third-order valence-corrected chi connectivity index (χ3v) is 2.52. The molecule has 0 unspecified atom stereocenters. The van der Waals surface area contributed by atoms with E-state index in [0.717, 1.165) is 5.56 Å². The Morgan fingerprint density at radius 1 is 0.941 bits per heavy atom. The number of phenolic OH excluding ortho intramolecular Hbond substituents is 2.